The zero-order chi connectivity index (χ0) is 24.2. The van der Waals surface area contributed by atoms with Gasteiger partial charge in [0.25, 0.3) is 0 Å². The molecule has 9 heteroatoms. The van der Waals surface area contributed by atoms with E-state index in [1.165, 1.54) is 6.07 Å². The Balaban J connectivity index is 1.62. The highest BCUT2D eigenvalue weighted by Crippen LogP contribution is 2.26. The molecule has 176 valence electrons. The normalized spacial score (nSPS) is 14.6. The van der Waals surface area contributed by atoms with Gasteiger partial charge in [-0.25, -0.2) is 4.79 Å². The van der Waals surface area contributed by atoms with Crippen LogP contribution in [0.1, 0.15) is 36.7 Å². The average Bonchev–Trinajstić information content (AvgIpc) is 2.74. The topological polar surface area (TPSA) is 79.0 Å². The first kappa shape index (κ1) is 25.0. The molecule has 3 rings (SSSR count). The van der Waals surface area contributed by atoms with Crippen LogP contribution in [0.15, 0.2) is 42.5 Å². The molecular formula is C24H27Cl2N3O4. The van der Waals surface area contributed by atoms with Crippen LogP contribution in [0.3, 0.4) is 0 Å². The van der Waals surface area contributed by atoms with Gasteiger partial charge in [-0.2, -0.15) is 0 Å². The van der Waals surface area contributed by atoms with Gasteiger partial charge in [-0.15, -0.1) is 0 Å². The Hall–Kier alpha value is -2.61. The van der Waals surface area contributed by atoms with Gasteiger partial charge < -0.3 is 15.0 Å². The molecule has 0 atom stereocenters. The van der Waals surface area contributed by atoms with Gasteiger partial charge in [-0.3, -0.25) is 14.5 Å². The summed E-state index contributed by atoms with van der Waals surface area (Å²) < 4.78 is 5.40. The summed E-state index contributed by atoms with van der Waals surface area (Å²) in [6.07, 6.45) is -0.351. The number of ketones is 1. The third-order valence-electron chi connectivity index (χ3n) is 5.01. The number of piperazine rings is 1. The largest absolute Gasteiger partial charge is 0.444 e. The highest BCUT2D eigenvalue weighted by Gasteiger charge is 2.27. The number of amides is 2. The van der Waals surface area contributed by atoms with E-state index in [4.69, 9.17) is 27.9 Å². The number of rotatable bonds is 5. The van der Waals surface area contributed by atoms with Gasteiger partial charge in [0.1, 0.15) is 5.60 Å². The Bertz CT molecular complexity index is 1040. The van der Waals surface area contributed by atoms with Crippen LogP contribution in [0.4, 0.5) is 10.5 Å². The summed E-state index contributed by atoms with van der Waals surface area (Å²) in [5.74, 6) is -0.597. The minimum absolute atomic E-state index is 0.129. The Kier molecular flexibility index (Phi) is 8.00. The van der Waals surface area contributed by atoms with Crippen LogP contribution >= 0.6 is 23.2 Å². The van der Waals surface area contributed by atoms with Gasteiger partial charge in [0, 0.05) is 42.3 Å². The number of nitrogens with one attached hydrogen (secondary N) is 1. The molecule has 0 bridgehead atoms. The van der Waals surface area contributed by atoms with Gasteiger partial charge >= 0.3 is 6.09 Å². The molecular weight excluding hydrogens is 465 g/mol. The lowest BCUT2D eigenvalue weighted by atomic mass is 10.0. The Labute approximate surface area is 203 Å². The van der Waals surface area contributed by atoms with Crippen LogP contribution in [-0.2, 0) is 9.53 Å². The van der Waals surface area contributed by atoms with Crippen LogP contribution in [0.5, 0.6) is 0 Å². The molecule has 0 aliphatic carbocycles. The van der Waals surface area contributed by atoms with Crippen LogP contribution in [0.25, 0.3) is 0 Å². The van der Waals surface area contributed by atoms with E-state index >= 15 is 0 Å². The number of carbonyl (C=O) groups excluding carboxylic acids is 3. The highest BCUT2D eigenvalue weighted by atomic mass is 35.5. The molecule has 0 saturated carbocycles. The van der Waals surface area contributed by atoms with Gasteiger partial charge in [-0.1, -0.05) is 35.3 Å². The molecule has 2 aromatic rings. The average molecular weight is 492 g/mol. The fraction of sp³-hybridized carbons (Fsp3) is 0.375. The third-order valence-corrected chi connectivity index (χ3v) is 5.57. The highest BCUT2D eigenvalue weighted by molar-refractivity contribution is 6.36. The van der Waals surface area contributed by atoms with E-state index in [0.717, 1.165) is 0 Å². The molecule has 0 radical (unpaired) electrons. The van der Waals surface area contributed by atoms with Crippen LogP contribution in [0, 0.1) is 0 Å². The van der Waals surface area contributed by atoms with Gasteiger partial charge in [0.2, 0.25) is 5.91 Å². The van der Waals surface area contributed by atoms with Gasteiger partial charge in [0.05, 0.1) is 17.3 Å². The number of benzene rings is 2. The molecule has 2 aromatic carbocycles. The SMILES string of the molecule is CC(C)(C)OC(=O)N1CCN(CC(=O)Nc2ccc(Cl)cc2C(=O)c2ccccc2Cl)CC1. The minimum atomic E-state index is -0.550. The number of hydrogen-bond acceptors (Lipinski definition) is 5. The number of anilines is 1. The summed E-state index contributed by atoms with van der Waals surface area (Å²) in [5, 5.41) is 3.51. The number of hydrogen-bond donors (Lipinski definition) is 1. The van der Waals surface area contributed by atoms with Crippen molar-refractivity contribution >= 4 is 46.7 Å². The van der Waals surface area contributed by atoms with E-state index in [-0.39, 0.29) is 29.9 Å². The van der Waals surface area contributed by atoms with Crippen molar-refractivity contribution in [2.24, 2.45) is 0 Å². The number of carbonyl (C=O) groups is 3. The van der Waals surface area contributed by atoms with Crippen LogP contribution in [-0.4, -0.2) is 65.9 Å². The molecule has 2 amide bonds. The summed E-state index contributed by atoms with van der Waals surface area (Å²) in [7, 11) is 0. The molecule has 0 aromatic heterocycles. The van der Waals surface area contributed by atoms with Crippen LogP contribution in [0.2, 0.25) is 10.0 Å². The lowest BCUT2D eigenvalue weighted by Gasteiger charge is -2.35. The van der Waals surface area contributed by atoms with E-state index in [2.05, 4.69) is 5.32 Å². The standard InChI is InChI=1S/C24H27Cl2N3O4/c1-24(2,3)33-23(32)29-12-10-28(11-13-29)15-21(30)27-20-9-8-16(25)14-18(20)22(31)17-6-4-5-7-19(17)26/h4-9,14H,10-13,15H2,1-3H3,(H,27,30). The van der Waals surface area contributed by atoms with Crippen molar-refractivity contribution in [2.45, 2.75) is 26.4 Å². The van der Waals surface area contributed by atoms with Crippen LogP contribution < -0.4 is 5.32 Å². The molecule has 33 heavy (non-hydrogen) atoms. The summed E-state index contributed by atoms with van der Waals surface area (Å²) in [6.45, 7) is 7.63. The van der Waals surface area contributed by atoms with E-state index in [1.807, 2.05) is 25.7 Å². The number of halogens is 2. The maximum Gasteiger partial charge on any atom is 0.410 e. The fourth-order valence-corrected chi connectivity index (χ4v) is 3.81. The quantitative estimate of drug-likeness (QED) is 0.612. The predicted octanol–water partition coefficient (Wildman–Crippen LogP) is 4.72. The molecule has 0 unspecified atom stereocenters. The minimum Gasteiger partial charge on any atom is -0.444 e. The van der Waals surface area contributed by atoms with Crippen molar-refractivity contribution in [3.05, 3.63) is 63.6 Å². The number of nitrogens with zero attached hydrogens (tertiary/aromatic N) is 2. The zero-order valence-electron chi connectivity index (χ0n) is 18.9. The second-order valence-corrected chi connectivity index (χ2v) is 9.63. The molecule has 1 heterocycles. The molecule has 0 spiro atoms. The monoisotopic (exact) mass is 491 g/mol. The maximum atomic E-state index is 13.1. The summed E-state index contributed by atoms with van der Waals surface area (Å²) in [5.41, 5.74) is 0.404. The van der Waals surface area contributed by atoms with Crippen molar-refractivity contribution < 1.29 is 19.1 Å². The summed E-state index contributed by atoms with van der Waals surface area (Å²) >= 11 is 12.3. The Morgan fingerprint density at radius 2 is 1.64 bits per heavy atom. The smallest absolute Gasteiger partial charge is 0.410 e. The van der Waals surface area contributed by atoms with Crippen molar-refractivity contribution in [3.8, 4) is 0 Å². The first-order chi connectivity index (χ1) is 15.5. The zero-order valence-corrected chi connectivity index (χ0v) is 20.4. The molecule has 1 aliphatic heterocycles. The van der Waals surface area contributed by atoms with Crippen molar-refractivity contribution in [3.63, 3.8) is 0 Å². The molecule has 1 aliphatic rings. The fourth-order valence-electron chi connectivity index (χ4n) is 3.41. The van der Waals surface area contributed by atoms with Crippen molar-refractivity contribution in [1.82, 2.24) is 9.80 Å². The molecule has 1 fully saturated rings. The molecule has 1 N–H and O–H groups in total. The Morgan fingerprint density at radius 3 is 2.27 bits per heavy atom. The maximum absolute atomic E-state index is 13.1. The third kappa shape index (κ3) is 6.93. The summed E-state index contributed by atoms with van der Waals surface area (Å²) in [4.78, 5) is 41.6. The van der Waals surface area contributed by atoms with Crippen molar-refractivity contribution in [1.29, 1.82) is 0 Å². The van der Waals surface area contributed by atoms with Crippen molar-refractivity contribution in [2.75, 3.05) is 38.0 Å². The second kappa shape index (κ2) is 10.5. The predicted molar refractivity (Wildman–Crippen MR) is 129 cm³/mol. The lowest BCUT2D eigenvalue weighted by Crippen LogP contribution is -2.51. The van der Waals surface area contributed by atoms with E-state index < -0.39 is 5.60 Å². The molecule has 1 saturated heterocycles. The first-order valence-electron chi connectivity index (χ1n) is 10.6. The van der Waals surface area contributed by atoms with E-state index in [0.29, 0.717) is 47.5 Å². The molecule has 7 nitrogen and oxygen atoms in total. The summed E-state index contributed by atoms with van der Waals surface area (Å²) in [6, 6.07) is 11.4. The Morgan fingerprint density at radius 1 is 0.970 bits per heavy atom. The number of ether oxygens (including phenoxy) is 1. The van der Waals surface area contributed by atoms with Gasteiger partial charge in [-0.05, 0) is 51.1 Å². The second-order valence-electron chi connectivity index (χ2n) is 8.79. The van der Waals surface area contributed by atoms with E-state index in [1.54, 1.807) is 41.3 Å². The lowest BCUT2D eigenvalue weighted by molar-refractivity contribution is -0.117. The van der Waals surface area contributed by atoms with Gasteiger partial charge in [0.15, 0.2) is 5.78 Å². The van der Waals surface area contributed by atoms with E-state index in [9.17, 15) is 14.4 Å². The first-order valence-corrected chi connectivity index (χ1v) is 11.4.